The number of benzene rings is 1. The van der Waals surface area contributed by atoms with Crippen LogP contribution in [0.25, 0.3) is 0 Å². The van der Waals surface area contributed by atoms with Crippen LogP contribution >= 0.6 is 0 Å². The topological polar surface area (TPSA) is 90.0 Å². The molecular formula is C22H26N4O4. The molecule has 0 saturated carbocycles. The molecule has 1 unspecified atom stereocenters. The van der Waals surface area contributed by atoms with Crippen molar-refractivity contribution in [2.75, 3.05) is 31.1 Å². The Morgan fingerprint density at radius 3 is 2.30 bits per heavy atom. The molecule has 0 radical (unpaired) electrons. The Labute approximate surface area is 175 Å². The van der Waals surface area contributed by atoms with Gasteiger partial charge in [-0.1, -0.05) is 6.92 Å². The number of imide groups is 2. The summed E-state index contributed by atoms with van der Waals surface area (Å²) in [5.74, 6) is -1.05. The Morgan fingerprint density at radius 2 is 1.63 bits per heavy atom. The summed E-state index contributed by atoms with van der Waals surface area (Å²) < 4.78 is 0. The van der Waals surface area contributed by atoms with Crippen LogP contribution < -0.4 is 10.2 Å². The summed E-state index contributed by atoms with van der Waals surface area (Å²) in [4.78, 5) is 55.3. The predicted octanol–water partition coefficient (Wildman–Crippen LogP) is 1.01. The van der Waals surface area contributed by atoms with Gasteiger partial charge in [0.25, 0.3) is 11.8 Å². The summed E-state index contributed by atoms with van der Waals surface area (Å²) in [5, 5.41) is 2.23. The second-order valence-electron chi connectivity index (χ2n) is 8.95. The van der Waals surface area contributed by atoms with Crippen LogP contribution in [0.15, 0.2) is 18.2 Å². The van der Waals surface area contributed by atoms with Crippen LogP contribution in [0, 0.1) is 5.92 Å². The van der Waals surface area contributed by atoms with Gasteiger partial charge in [0.2, 0.25) is 11.8 Å². The number of likely N-dealkylation sites (tertiary alicyclic amines) is 1. The molecule has 5 rings (SSSR count). The second-order valence-corrected chi connectivity index (χ2v) is 8.95. The number of hydrogen-bond donors (Lipinski definition) is 1. The molecule has 3 fully saturated rings. The van der Waals surface area contributed by atoms with Crippen LogP contribution in [0.5, 0.6) is 0 Å². The molecule has 0 bridgehead atoms. The number of anilines is 1. The zero-order valence-corrected chi connectivity index (χ0v) is 17.1. The number of piperidine rings is 2. The number of fused-ring (bicyclic) bond motifs is 1. The van der Waals surface area contributed by atoms with Gasteiger partial charge in [-0.3, -0.25) is 34.3 Å². The van der Waals surface area contributed by atoms with Crippen LogP contribution in [-0.2, 0) is 9.59 Å². The molecule has 0 spiro atoms. The Kier molecular flexibility index (Phi) is 4.61. The van der Waals surface area contributed by atoms with Gasteiger partial charge in [-0.25, -0.2) is 0 Å². The van der Waals surface area contributed by atoms with Crippen LogP contribution in [0.1, 0.15) is 53.3 Å². The van der Waals surface area contributed by atoms with Gasteiger partial charge in [-0.05, 0) is 43.4 Å². The number of carbonyl (C=O) groups is 4. The van der Waals surface area contributed by atoms with E-state index in [1.807, 2.05) is 6.07 Å². The maximum absolute atomic E-state index is 13.0. The third kappa shape index (κ3) is 3.10. The number of carbonyl (C=O) groups excluding carboxylic acids is 4. The first kappa shape index (κ1) is 19.2. The Bertz CT molecular complexity index is 931. The van der Waals surface area contributed by atoms with Crippen molar-refractivity contribution in [2.45, 2.75) is 44.7 Å². The molecule has 1 aromatic rings. The largest absolute Gasteiger partial charge is 0.371 e. The molecule has 158 valence electrons. The number of rotatable bonds is 3. The van der Waals surface area contributed by atoms with Gasteiger partial charge >= 0.3 is 0 Å². The highest BCUT2D eigenvalue weighted by Gasteiger charge is 2.44. The van der Waals surface area contributed by atoms with Gasteiger partial charge in [0.15, 0.2) is 0 Å². The zero-order chi connectivity index (χ0) is 21.0. The molecule has 3 saturated heterocycles. The summed E-state index contributed by atoms with van der Waals surface area (Å²) in [5.41, 5.74) is 1.62. The van der Waals surface area contributed by atoms with Crippen molar-refractivity contribution in [2.24, 2.45) is 5.92 Å². The molecule has 0 aliphatic carbocycles. The molecule has 4 amide bonds. The third-order valence-electron chi connectivity index (χ3n) is 6.86. The number of amides is 4. The Morgan fingerprint density at radius 1 is 0.933 bits per heavy atom. The molecule has 30 heavy (non-hydrogen) atoms. The van der Waals surface area contributed by atoms with Gasteiger partial charge in [0.05, 0.1) is 11.1 Å². The van der Waals surface area contributed by atoms with E-state index in [4.69, 9.17) is 0 Å². The third-order valence-corrected chi connectivity index (χ3v) is 6.86. The van der Waals surface area contributed by atoms with E-state index in [1.54, 1.807) is 12.1 Å². The van der Waals surface area contributed by atoms with Crippen LogP contribution in [0.4, 0.5) is 5.69 Å². The van der Waals surface area contributed by atoms with Gasteiger partial charge < -0.3 is 4.90 Å². The van der Waals surface area contributed by atoms with E-state index < -0.39 is 23.8 Å². The fourth-order valence-corrected chi connectivity index (χ4v) is 5.19. The SMILES string of the molecule is CC1CN(C2CCN(c3ccc4c(c3)C(=O)N(C3CCC(=O)NC3=O)C4=O)CC2)C1. The molecule has 8 heteroatoms. The summed E-state index contributed by atoms with van der Waals surface area (Å²) >= 11 is 0. The summed E-state index contributed by atoms with van der Waals surface area (Å²) in [6.45, 7) is 6.51. The highest BCUT2D eigenvalue weighted by Crippen LogP contribution is 2.32. The highest BCUT2D eigenvalue weighted by molar-refractivity contribution is 6.23. The molecule has 0 aromatic heterocycles. The average molecular weight is 410 g/mol. The molecule has 4 aliphatic heterocycles. The quantitative estimate of drug-likeness (QED) is 0.748. The lowest BCUT2D eigenvalue weighted by Crippen LogP contribution is -2.54. The van der Waals surface area contributed by atoms with Crippen molar-refractivity contribution in [3.05, 3.63) is 29.3 Å². The lowest BCUT2D eigenvalue weighted by Gasteiger charge is -2.46. The average Bonchev–Trinajstić information content (AvgIpc) is 2.96. The van der Waals surface area contributed by atoms with Crippen molar-refractivity contribution in [3.8, 4) is 0 Å². The van der Waals surface area contributed by atoms with E-state index in [2.05, 4.69) is 22.0 Å². The van der Waals surface area contributed by atoms with Crippen LogP contribution in [0.2, 0.25) is 0 Å². The monoisotopic (exact) mass is 410 g/mol. The molecule has 4 heterocycles. The molecular weight excluding hydrogens is 384 g/mol. The van der Waals surface area contributed by atoms with E-state index in [1.165, 1.54) is 13.1 Å². The van der Waals surface area contributed by atoms with Gasteiger partial charge in [-0.15, -0.1) is 0 Å². The first-order valence-corrected chi connectivity index (χ1v) is 10.8. The maximum atomic E-state index is 13.0. The van der Waals surface area contributed by atoms with Crippen molar-refractivity contribution >= 4 is 29.3 Å². The summed E-state index contributed by atoms with van der Waals surface area (Å²) in [7, 11) is 0. The fourth-order valence-electron chi connectivity index (χ4n) is 5.19. The van der Waals surface area contributed by atoms with E-state index in [0.717, 1.165) is 42.4 Å². The lowest BCUT2D eigenvalue weighted by molar-refractivity contribution is -0.136. The predicted molar refractivity (Wildman–Crippen MR) is 109 cm³/mol. The minimum Gasteiger partial charge on any atom is -0.371 e. The number of hydrogen-bond acceptors (Lipinski definition) is 6. The van der Waals surface area contributed by atoms with E-state index >= 15 is 0 Å². The second kappa shape index (κ2) is 7.19. The minimum atomic E-state index is -0.923. The Balaban J connectivity index is 1.30. The van der Waals surface area contributed by atoms with E-state index in [-0.39, 0.29) is 18.7 Å². The van der Waals surface area contributed by atoms with Crippen molar-refractivity contribution < 1.29 is 19.2 Å². The Hall–Kier alpha value is -2.74. The van der Waals surface area contributed by atoms with E-state index in [0.29, 0.717) is 17.2 Å². The maximum Gasteiger partial charge on any atom is 0.262 e. The highest BCUT2D eigenvalue weighted by atomic mass is 16.2. The molecule has 4 aliphatic rings. The normalized spacial score (nSPS) is 26.1. The standard InChI is InChI=1S/C22H26N4O4/c1-13-11-25(12-13)14-6-8-24(9-7-14)15-2-3-16-17(10-15)22(30)26(21(16)29)18-4-5-19(27)23-20(18)28/h2-3,10,13-14,18H,4-9,11-12H2,1H3,(H,23,27,28). The molecule has 1 atom stereocenters. The molecule has 1 aromatic carbocycles. The summed E-state index contributed by atoms with van der Waals surface area (Å²) in [6, 6.07) is 5.09. The number of nitrogens with zero attached hydrogens (tertiary/aromatic N) is 3. The first-order chi connectivity index (χ1) is 14.4. The lowest BCUT2D eigenvalue weighted by atomic mass is 9.94. The van der Waals surface area contributed by atoms with Gasteiger partial charge in [0.1, 0.15) is 6.04 Å². The summed E-state index contributed by atoms with van der Waals surface area (Å²) in [6.07, 6.45) is 2.49. The smallest absolute Gasteiger partial charge is 0.262 e. The van der Waals surface area contributed by atoms with Crippen molar-refractivity contribution in [1.82, 2.24) is 15.1 Å². The first-order valence-electron chi connectivity index (χ1n) is 10.8. The molecule has 1 N–H and O–H groups in total. The zero-order valence-electron chi connectivity index (χ0n) is 17.1. The van der Waals surface area contributed by atoms with Crippen LogP contribution in [0.3, 0.4) is 0 Å². The van der Waals surface area contributed by atoms with Crippen molar-refractivity contribution in [1.29, 1.82) is 0 Å². The van der Waals surface area contributed by atoms with E-state index in [9.17, 15) is 19.2 Å². The molecule has 8 nitrogen and oxygen atoms in total. The minimum absolute atomic E-state index is 0.125. The van der Waals surface area contributed by atoms with Crippen molar-refractivity contribution in [3.63, 3.8) is 0 Å². The van der Waals surface area contributed by atoms with Gasteiger partial charge in [-0.2, -0.15) is 0 Å². The number of nitrogens with one attached hydrogen (secondary N) is 1. The fraction of sp³-hybridized carbons (Fsp3) is 0.545. The van der Waals surface area contributed by atoms with Gasteiger partial charge in [0, 0.05) is 44.3 Å². The van der Waals surface area contributed by atoms with Crippen LogP contribution in [-0.4, -0.2) is 71.7 Å².